The first-order valence-corrected chi connectivity index (χ1v) is 12.8. The van der Waals surface area contributed by atoms with Gasteiger partial charge in [0.15, 0.2) is 15.0 Å². The van der Waals surface area contributed by atoms with Crippen molar-refractivity contribution in [1.82, 2.24) is 14.9 Å². The van der Waals surface area contributed by atoms with Crippen LogP contribution in [0.15, 0.2) is 59.8 Å². The standard InChI is InChI=1S/C22H25N3O3S2/c1-16(21(26)23-18-12-14-30(27,28)15-18)29-22-24-19-9-5-6-10-20(19)25(22)13-11-17-7-3-2-4-8-17/h2-10,16,18H,11-15H2,1H3,(H,23,26)/t16-,18-/m1/s1. The highest BCUT2D eigenvalue weighted by Gasteiger charge is 2.30. The maximum absolute atomic E-state index is 12.7. The number of amides is 1. The molecule has 1 amide bonds. The smallest absolute Gasteiger partial charge is 0.233 e. The minimum atomic E-state index is -3.02. The lowest BCUT2D eigenvalue weighted by Gasteiger charge is -2.16. The second kappa shape index (κ2) is 8.81. The molecule has 0 bridgehead atoms. The number of thioether (sulfide) groups is 1. The molecule has 0 spiro atoms. The first kappa shape index (κ1) is 20.9. The van der Waals surface area contributed by atoms with Gasteiger partial charge in [-0.2, -0.15) is 0 Å². The fourth-order valence-corrected chi connectivity index (χ4v) is 6.32. The van der Waals surface area contributed by atoms with Gasteiger partial charge in [-0.3, -0.25) is 4.79 Å². The maximum Gasteiger partial charge on any atom is 0.233 e. The van der Waals surface area contributed by atoms with E-state index in [-0.39, 0.29) is 28.7 Å². The molecule has 0 unspecified atom stereocenters. The van der Waals surface area contributed by atoms with Gasteiger partial charge in [0.05, 0.1) is 27.8 Å². The molecule has 2 atom stereocenters. The molecule has 0 aliphatic carbocycles. The minimum absolute atomic E-state index is 0.0334. The van der Waals surface area contributed by atoms with Crippen LogP contribution in [0.25, 0.3) is 11.0 Å². The molecule has 3 aromatic rings. The molecular formula is C22H25N3O3S2. The SMILES string of the molecule is C[C@@H](Sc1nc2ccccc2n1CCc1ccccc1)C(=O)N[C@@H]1CCS(=O)(=O)C1. The first-order valence-electron chi connectivity index (χ1n) is 10.1. The third kappa shape index (κ3) is 4.87. The molecule has 158 valence electrons. The lowest BCUT2D eigenvalue weighted by atomic mass is 10.1. The Balaban J connectivity index is 1.49. The van der Waals surface area contributed by atoms with Crippen LogP contribution in [0.3, 0.4) is 0 Å². The molecular weight excluding hydrogens is 418 g/mol. The number of benzene rings is 2. The van der Waals surface area contributed by atoms with Crippen molar-refractivity contribution >= 4 is 38.5 Å². The fourth-order valence-electron chi connectivity index (χ4n) is 3.68. The van der Waals surface area contributed by atoms with E-state index in [1.54, 1.807) is 0 Å². The number of sulfone groups is 1. The molecule has 0 saturated carbocycles. The largest absolute Gasteiger partial charge is 0.351 e. The third-order valence-corrected chi connectivity index (χ3v) is 8.17. The fraction of sp³-hybridized carbons (Fsp3) is 0.364. The Morgan fingerprint density at radius 3 is 2.67 bits per heavy atom. The quantitative estimate of drug-likeness (QED) is 0.568. The number of hydrogen-bond donors (Lipinski definition) is 1. The normalized spacial score (nSPS) is 19.0. The zero-order valence-corrected chi connectivity index (χ0v) is 18.5. The Morgan fingerprint density at radius 2 is 1.93 bits per heavy atom. The van der Waals surface area contributed by atoms with E-state index in [1.165, 1.54) is 17.3 Å². The summed E-state index contributed by atoms with van der Waals surface area (Å²) in [7, 11) is -3.02. The maximum atomic E-state index is 12.7. The van der Waals surface area contributed by atoms with Crippen molar-refractivity contribution in [2.45, 2.75) is 42.8 Å². The third-order valence-electron chi connectivity index (χ3n) is 5.32. The predicted octanol–water partition coefficient (Wildman–Crippen LogP) is 3.06. The Labute approximate surface area is 181 Å². The van der Waals surface area contributed by atoms with Crippen LogP contribution in [0.2, 0.25) is 0 Å². The summed E-state index contributed by atoms with van der Waals surface area (Å²) in [6.07, 6.45) is 1.36. The molecule has 8 heteroatoms. The van der Waals surface area contributed by atoms with E-state index in [1.807, 2.05) is 49.4 Å². The molecule has 30 heavy (non-hydrogen) atoms. The number of rotatable bonds is 7. The lowest BCUT2D eigenvalue weighted by molar-refractivity contribution is -0.120. The number of imidazole rings is 1. The number of carbonyl (C=O) groups excluding carboxylic acids is 1. The van der Waals surface area contributed by atoms with Crippen molar-refractivity contribution in [2.24, 2.45) is 0 Å². The summed E-state index contributed by atoms with van der Waals surface area (Å²) in [6.45, 7) is 2.60. The van der Waals surface area contributed by atoms with Gasteiger partial charge in [0, 0.05) is 12.6 Å². The van der Waals surface area contributed by atoms with Crippen LogP contribution in [-0.4, -0.2) is 46.7 Å². The second-order valence-corrected chi connectivity index (χ2v) is 11.2. The molecule has 1 aliphatic heterocycles. The zero-order valence-electron chi connectivity index (χ0n) is 16.8. The number of nitrogens with zero attached hydrogens (tertiary/aromatic N) is 2. The molecule has 6 nitrogen and oxygen atoms in total. The van der Waals surface area contributed by atoms with Crippen molar-refractivity contribution in [3.05, 3.63) is 60.2 Å². The molecule has 2 heterocycles. The van der Waals surface area contributed by atoms with Crippen LogP contribution in [-0.2, 0) is 27.6 Å². The Bertz CT molecular complexity index is 1140. The van der Waals surface area contributed by atoms with Crippen molar-refractivity contribution in [1.29, 1.82) is 0 Å². The highest BCUT2D eigenvalue weighted by molar-refractivity contribution is 8.00. The van der Waals surface area contributed by atoms with Crippen molar-refractivity contribution < 1.29 is 13.2 Å². The number of para-hydroxylation sites is 2. The van der Waals surface area contributed by atoms with Gasteiger partial charge in [-0.25, -0.2) is 13.4 Å². The average molecular weight is 444 g/mol. The molecule has 1 N–H and O–H groups in total. The van der Waals surface area contributed by atoms with Gasteiger partial charge >= 0.3 is 0 Å². The van der Waals surface area contributed by atoms with Crippen LogP contribution < -0.4 is 5.32 Å². The number of aromatic nitrogens is 2. The molecule has 1 aliphatic rings. The lowest BCUT2D eigenvalue weighted by Crippen LogP contribution is -2.40. The van der Waals surface area contributed by atoms with Gasteiger partial charge in [-0.15, -0.1) is 0 Å². The average Bonchev–Trinajstić information content (AvgIpc) is 3.25. The molecule has 1 saturated heterocycles. The van der Waals surface area contributed by atoms with Gasteiger partial charge in [0.25, 0.3) is 0 Å². The summed E-state index contributed by atoms with van der Waals surface area (Å²) < 4.78 is 25.5. The number of nitrogens with one attached hydrogen (secondary N) is 1. The predicted molar refractivity (Wildman–Crippen MR) is 120 cm³/mol. The van der Waals surface area contributed by atoms with Crippen LogP contribution in [0.1, 0.15) is 18.9 Å². The monoisotopic (exact) mass is 443 g/mol. The van der Waals surface area contributed by atoms with E-state index in [4.69, 9.17) is 4.98 Å². The summed E-state index contributed by atoms with van der Waals surface area (Å²) in [5.74, 6) is 0.0317. The van der Waals surface area contributed by atoms with Crippen molar-refractivity contribution in [3.63, 3.8) is 0 Å². The Morgan fingerprint density at radius 1 is 1.20 bits per heavy atom. The van der Waals surface area contributed by atoms with E-state index >= 15 is 0 Å². The summed E-state index contributed by atoms with van der Waals surface area (Å²) >= 11 is 1.41. The van der Waals surface area contributed by atoms with E-state index in [9.17, 15) is 13.2 Å². The number of fused-ring (bicyclic) bond motifs is 1. The second-order valence-electron chi connectivity index (χ2n) is 7.64. The van der Waals surface area contributed by atoms with Crippen LogP contribution >= 0.6 is 11.8 Å². The van der Waals surface area contributed by atoms with E-state index in [0.717, 1.165) is 29.2 Å². The van der Waals surface area contributed by atoms with E-state index in [2.05, 4.69) is 22.0 Å². The molecule has 4 rings (SSSR count). The highest BCUT2D eigenvalue weighted by atomic mass is 32.2. The summed E-state index contributed by atoms with van der Waals surface area (Å²) in [5.41, 5.74) is 3.20. The molecule has 2 aromatic carbocycles. The summed E-state index contributed by atoms with van der Waals surface area (Å²) in [5, 5.41) is 3.31. The van der Waals surface area contributed by atoms with Crippen LogP contribution in [0, 0.1) is 0 Å². The zero-order chi connectivity index (χ0) is 21.1. The van der Waals surface area contributed by atoms with Gasteiger partial charge in [-0.1, -0.05) is 54.2 Å². The number of hydrogen-bond acceptors (Lipinski definition) is 5. The molecule has 0 radical (unpaired) electrons. The van der Waals surface area contributed by atoms with Gasteiger partial charge in [0.2, 0.25) is 5.91 Å². The van der Waals surface area contributed by atoms with Gasteiger partial charge in [0.1, 0.15) is 0 Å². The number of carbonyl (C=O) groups is 1. The highest BCUT2D eigenvalue weighted by Crippen LogP contribution is 2.28. The topological polar surface area (TPSA) is 81.1 Å². The van der Waals surface area contributed by atoms with Crippen molar-refractivity contribution in [2.75, 3.05) is 11.5 Å². The van der Waals surface area contributed by atoms with Gasteiger partial charge < -0.3 is 9.88 Å². The van der Waals surface area contributed by atoms with E-state index < -0.39 is 9.84 Å². The Hall–Kier alpha value is -2.32. The first-order chi connectivity index (χ1) is 14.4. The summed E-state index contributed by atoms with van der Waals surface area (Å²) in [4.78, 5) is 17.4. The Kier molecular flexibility index (Phi) is 6.15. The van der Waals surface area contributed by atoms with E-state index in [0.29, 0.717) is 6.42 Å². The minimum Gasteiger partial charge on any atom is -0.351 e. The molecule has 1 aromatic heterocycles. The summed E-state index contributed by atoms with van der Waals surface area (Å²) in [6, 6.07) is 18.0. The molecule has 1 fully saturated rings. The number of aryl methyl sites for hydroxylation is 2. The van der Waals surface area contributed by atoms with Crippen LogP contribution in [0.4, 0.5) is 0 Å². The van der Waals surface area contributed by atoms with Crippen molar-refractivity contribution in [3.8, 4) is 0 Å². The van der Waals surface area contributed by atoms with Gasteiger partial charge in [-0.05, 0) is 37.5 Å². The van der Waals surface area contributed by atoms with Crippen LogP contribution in [0.5, 0.6) is 0 Å².